The summed E-state index contributed by atoms with van der Waals surface area (Å²) < 4.78 is 5.48. The van der Waals surface area contributed by atoms with E-state index in [2.05, 4.69) is 19.2 Å². The first kappa shape index (κ1) is 65.6. The standard InChI is InChI=1S/C61H119NO5/c1-3-5-7-9-11-13-15-17-18-19-20-23-26-30-33-37-41-45-49-53-59(64)58(57-63)62-60(65)54-50-46-42-38-34-31-27-24-21-22-25-28-32-36-40-44-48-52-56-67-61(66)55-51-47-43-39-35-29-16-14-12-10-8-6-4-2/h49,53,58-59,63-64H,3-48,50-52,54-57H2,1-2H3,(H,62,65)/b53-49+. The molecule has 6 heteroatoms. The van der Waals surface area contributed by atoms with Crippen LogP contribution in [-0.2, 0) is 14.3 Å². The van der Waals surface area contributed by atoms with Crippen LogP contribution in [0.5, 0.6) is 0 Å². The Bertz CT molecular complexity index is 1000. The van der Waals surface area contributed by atoms with E-state index in [1.165, 1.54) is 276 Å². The summed E-state index contributed by atoms with van der Waals surface area (Å²) in [5.41, 5.74) is 0. The van der Waals surface area contributed by atoms with Crippen molar-refractivity contribution in [1.82, 2.24) is 5.32 Å². The van der Waals surface area contributed by atoms with Crippen LogP contribution in [0.3, 0.4) is 0 Å². The van der Waals surface area contributed by atoms with Crippen molar-refractivity contribution >= 4 is 11.9 Å². The lowest BCUT2D eigenvalue weighted by Gasteiger charge is -2.20. The molecule has 0 fully saturated rings. The Hall–Kier alpha value is -1.40. The lowest BCUT2D eigenvalue weighted by Crippen LogP contribution is -2.45. The highest BCUT2D eigenvalue weighted by atomic mass is 16.5. The van der Waals surface area contributed by atoms with Crippen LogP contribution in [0.25, 0.3) is 0 Å². The predicted octanol–water partition coefficient (Wildman–Crippen LogP) is 18.9. The third-order valence-electron chi connectivity index (χ3n) is 14.3. The monoisotopic (exact) mass is 946 g/mol. The van der Waals surface area contributed by atoms with Gasteiger partial charge >= 0.3 is 5.97 Å². The number of ether oxygens (including phenoxy) is 1. The highest BCUT2D eigenvalue weighted by molar-refractivity contribution is 5.76. The van der Waals surface area contributed by atoms with Gasteiger partial charge in [-0.1, -0.05) is 309 Å². The fourth-order valence-electron chi connectivity index (χ4n) is 9.64. The third-order valence-corrected chi connectivity index (χ3v) is 14.3. The number of unbranched alkanes of at least 4 members (excludes halogenated alkanes) is 46. The first-order chi connectivity index (χ1) is 33.0. The van der Waals surface area contributed by atoms with Crippen LogP contribution in [0.2, 0.25) is 0 Å². The second-order valence-corrected chi connectivity index (χ2v) is 21.0. The molecule has 6 nitrogen and oxygen atoms in total. The van der Waals surface area contributed by atoms with E-state index in [-0.39, 0.29) is 18.5 Å². The van der Waals surface area contributed by atoms with E-state index in [1.54, 1.807) is 6.08 Å². The minimum Gasteiger partial charge on any atom is -0.466 e. The molecule has 2 unspecified atom stereocenters. The van der Waals surface area contributed by atoms with Crippen molar-refractivity contribution in [3.8, 4) is 0 Å². The van der Waals surface area contributed by atoms with E-state index in [4.69, 9.17) is 4.74 Å². The molecular weight excluding hydrogens is 827 g/mol. The second-order valence-electron chi connectivity index (χ2n) is 21.0. The molecule has 0 aromatic rings. The molecule has 0 heterocycles. The highest BCUT2D eigenvalue weighted by Gasteiger charge is 2.18. The predicted molar refractivity (Wildman–Crippen MR) is 292 cm³/mol. The molecule has 0 saturated heterocycles. The number of esters is 1. The number of amides is 1. The van der Waals surface area contributed by atoms with Gasteiger partial charge in [-0.25, -0.2) is 0 Å². The number of nitrogens with one attached hydrogen (secondary N) is 1. The van der Waals surface area contributed by atoms with Crippen molar-refractivity contribution in [1.29, 1.82) is 0 Å². The zero-order chi connectivity index (χ0) is 48.6. The molecule has 0 spiro atoms. The Morgan fingerprint density at radius 3 is 1.01 bits per heavy atom. The molecule has 67 heavy (non-hydrogen) atoms. The van der Waals surface area contributed by atoms with Gasteiger partial charge < -0.3 is 20.3 Å². The number of carbonyl (C=O) groups excluding carboxylic acids is 2. The van der Waals surface area contributed by atoms with Gasteiger partial charge in [0.2, 0.25) is 5.91 Å². The van der Waals surface area contributed by atoms with Crippen molar-refractivity contribution in [2.45, 2.75) is 353 Å². The normalized spacial score (nSPS) is 12.6. The fourth-order valence-corrected chi connectivity index (χ4v) is 9.64. The van der Waals surface area contributed by atoms with Gasteiger partial charge in [0.15, 0.2) is 0 Å². The summed E-state index contributed by atoms with van der Waals surface area (Å²) >= 11 is 0. The van der Waals surface area contributed by atoms with Gasteiger partial charge in [-0.15, -0.1) is 0 Å². The molecule has 0 bridgehead atoms. The molecule has 0 aliphatic heterocycles. The van der Waals surface area contributed by atoms with Crippen molar-refractivity contribution in [3.63, 3.8) is 0 Å². The third kappa shape index (κ3) is 53.8. The Kier molecular flexibility index (Phi) is 56.0. The number of rotatable bonds is 57. The molecule has 0 aliphatic rings. The summed E-state index contributed by atoms with van der Waals surface area (Å²) in [6.07, 6.45) is 68.1. The zero-order valence-corrected chi connectivity index (χ0v) is 45.4. The van der Waals surface area contributed by atoms with Crippen LogP contribution in [0, 0.1) is 0 Å². The largest absolute Gasteiger partial charge is 0.466 e. The smallest absolute Gasteiger partial charge is 0.305 e. The molecule has 0 saturated carbocycles. The SMILES string of the molecule is CCCCCCCCCCCCCCCCCCC/C=C/C(O)C(CO)NC(=O)CCCCCCCCCCCCCCCCCCCCOC(=O)CCCCCCCCCCCCCCC. The lowest BCUT2D eigenvalue weighted by atomic mass is 10.0. The van der Waals surface area contributed by atoms with Crippen molar-refractivity contribution in [2.75, 3.05) is 13.2 Å². The van der Waals surface area contributed by atoms with Gasteiger partial charge in [0, 0.05) is 12.8 Å². The Balaban J connectivity index is 3.43. The van der Waals surface area contributed by atoms with Gasteiger partial charge in [0.05, 0.1) is 25.4 Å². The lowest BCUT2D eigenvalue weighted by molar-refractivity contribution is -0.143. The van der Waals surface area contributed by atoms with Crippen LogP contribution in [0.15, 0.2) is 12.2 Å². The van der Waals surface area contributed by atoms with Crippen LogP contribution in [-0.4, -0.2) is 47.4 Å². The van der Waals surface area contributed by atoms with Crippen molar-refractivity contribution in [2.24, 2.45) is 0 Å². The van der Waals surface area contributed by atoms with Crippen LogP contribution >= 0.6 is 0 Å². The Morgan fingerprint density at radius 1 is 0.403 bits per heavy atom. The summed E-state index contributed by atoms with van der Waals surface area (Å²) in [7, 11) is 0. The number of aliphatic hydroxyl groups excluding tert-OH is 2. The zero-order valence-electron chi connectivity index (χ0n) is 45.4. The van der Waals surface area contributed by atoms with Gasteiger partial charge in [-0.05, 0) is 32.1 Å². The van der Waals surface area contributed by atoms with Crippen LogP contribution < -0.4 is 5.32 Å². The quantitative estimate of drug-likeness (QED) is 0.0321. The van der Waals surface area contributed by atoms with E-state index in [9.17, 15) is 19.8 Å². The minimum atomic E-state index is -0.847. The van der Waals surface area contributed by atoms with Gasteiger partial charge in [0.1, 0.15) is 0 Å². The molecule has 0 radical (unpaired) electrons. The second kappa shape index (κ2) is 57.2. The molecule has 1 amide bonds. The van der Waals surface area contributed by atoms with E-state index in [0.717, 1.165) is 38.5 Å². The van der Waals surface area contributed by atoms with E-state index >= 15 is 0 Å². The molecule has 398 valence electrons. The maximum absolute atomic E-state index is 12.5. The van der Waals surface area contributed by atoms with Crippen LogP contribution in [0.1, 0.15) is 341 Å². The molecule has 0 rings (SSSR count). The topological polar surface area (TPSA) is 95.9 Å². The number of allylic oxidation sites excluding steroid dienone is 1. The first-order valence-electron chi connectivity index (χ1n) is 30.5. The average molecular weight is 947 g/mol. The first-order valence-corrected chi connectivity index (χ1v) is 30.5. The van der Waals surface area contributed by atoms with E-state index in [0.29, 0.717) is 19.4 Å². The summed E-state index contributed by atoms with van der Waals surface area (Å²) in [4.78, 5) is 24.5. The Labute approximate surface area is 419 Å². The highest BCUT2D eigenvalue weighted by Crippen LogP contribution is 2.18. The fraction of sp³-hybridized carbons (Fsp3) is 0.934. The minimum absolute atomic E-state index is 0.00876. The average Bonchev–Trinajstić information content (AvgIpc) is 3.33. The summed E-state index contributed by atoms with van der Waals surface area (Å²) in [5, 5.41) is 23.2. The maximum Gasteiger partial charge on any atom is 0.305 e. The Morgan fingerprint density at radius 2 is 0.687 bits per heavy atom. The number of carbonyl (C=O) groups is 2. The number of hydrogen-bond acceptors (Lipinski definition) is 5. The summed E-state index contributed by atoms with van der Waals surface area (Å²) in [6, 6.07) is -0.630. The van der Waals surface area contributed by atoms with Crippen molar-refractivity contribution in [3.05, 3.63) is 12.2 Å². The maximum atomic E-state index is 12.5. The summed E-state index contributed by atoms with van der Waals surface area (Å²) in [6.45, 7) is 4.92. The van der Waals surface area contributed by atoms with E-state index < -0.39 is 12.1 Å². The number of aliphatic hydroxyl groups is 2. The van der Waals surface area contributed by atoms with Gasteiger partial charge in [-0.2, -0.15) is 0 Å². The van der Waals surface area contributed by atoms with E-state index in [1.807, 2.05) is 6.08 Å². The molecule has 0 aromatic heterocycles. The van der Waals surface area contributed by atoms with Crippen molar-refractivity contribution < 1.29 is 24.5 Å². The van der Waals surface area contributed by atoms with Gasteiger partial charge in [-0.3, -0.25) is 9.59 Å². The molecule has 0 aromatic carbocycles. The molecular formula is C61H119NO5. The number of hydrogen-bond donors (Lipinski definition) is 3. The van der Waals surface area contributed by atoms with Crippen LogP contribution in [0.4, 0.5) is 0 Å². The van der Waals surface area contributed by atoms with Gasteiger partial charge in [0.25, 0.3) is 0 Å². The molecule has 2 atom stereocenters. The molecule has 0 aliphatic carbocycles. The molecule has 3 N–H and O–H groups in total. The summed E-state index contributed by atoms with van der Waals surface area (Å²) in [5.74, 6) is -0.0598.